The van der Waals surface area contributed by atoms with Crippen molar-refractivity contribution in [2.45, 2.75) is 82.6 Å². The van der Waals surface area contributed by atoms with E-state index in [0.717, 1.165) is 24.5 Å². The van der Waals surface area contributed by atoms with Gasteiger partial charge in [-0.15, -0.1) is 0 Å². The van der Waals surface area contributed by atoms with Crippen molar-refractivity contribution >= 4 is 23.5 Å². The van der Waals surface area contributed by atoms with Crippen LogP contribution in [-0.2, 0) is 11.3 Å². The number of likely N-dealkylation sites (tertiary alicyclic amines) is 2. The number of amides is 1. The van der Waals surface area contributed by atoms with Crippen molar-refractivity contribution < 1.29 is 33.0 Å². The molecule has 1 amide bonds. The summed E-state index contributed by atoms with van der Waals surface area (Å²) in [5.41, 5.74) is -0.140. The minimum atomic E-state index is -1.57. The fraction of sp³-hybridized carbons (Fsp3) is 0.567. The van der Waals surface area contributed by atoms with Crippen LogP contribution in [0.25, 0.3) is 0 Å². The van der Waals surface area contributed by atoms with Crippen LogP contribution in [0, 0.1) is 5.82 Å². The molecule has 8 nitrogen and oxygen atoms in total. The topological polar surface area (TPSA) is 92.2 Å². The Kier molecular flexibility index (Phi) is 8.70. The third-order valence-electron chi connectivity index (χ3n) is 8.00. The lowest BCUT2D eigenvalue weighted by atomic mass is 9.94. The molecule has 3 fully saturated rings. The zero-order valence-electron chi connectivity index (χ0n) is 23.4. The number of hydrogen-bond donors (Lipinski definition) is 1. The normalized spacial score (nSPS) is 20.8. The summed E-state index contributed by atoms with van der Waals surface area (Å²) in [5, 5.41) is 9.88. The van der Waals surface area contributed by atoms with Gasteiger partial charge >= 0.3 is 5.97 Å². The molecule has 0 radical (unpaired) electrons. The fourth-order valence-electron chi connectivity index (χ4n) is 5.58. The van der Waals surface area contributed by atoms with Crippen LogP contribution in [0.5, 0.6) is 11.6 Å². The summed E-state index contributed by atoms with van der Waals surface area (Å²) >= 11 is 6.31. The number of hydrogen-bond acceptors (Lipinski definition) is 6. The predicted molar refractivity (Wildman–Crippen MR) is 149 cm³/mol. The van der Waals surface area contributed by atoms with Crippen molar-refractivity contribution in [2.24, 2.45) is 0 Å². The molecule has 1 atom stereocenters. The van der Waals surface area contributed by atoms with Crippen LogP contribution in [0.15, 0.2) is 24.4 Å². The number of rotatable bonds is 10. The SMILES string of the molecule is CC(C)Oc1ncc(CN2CCC(F)(COc3cc(F)c(C(=O)N4CCCC4C(=O)O)cc3C3CC3)CC2)cc1Cl. The first-order valence-electron chi connectivity index (χ1n) is 14.3. The number of carbonyl (C=O) groups is 2. The van der Waals surface area contributed by atoms with Gasteiger partial charge in [0.05, 0.1) is 11.7 Å². The molecule has 1 saturated carbocycles. The second kappa shape index (κ2) is 12.1. The Morgan fingerprint density at radius 2 is 1.90 bits per heavy atom. The van der Waals surface area contributed by atoms with Crippen molar-refractivity contribution in [3.63, 3.8) is 0 Å². The highest BCUT2D eigenvalue weighted by molar-refractivity contribution is 6.31. The van der Waals surface area contributed by atoms with Gasteiger partial charge in [0.2, 0.25) is 5.88 Å². The molecule has 2 saturated heterocycles. The summed E-state index contributed by atoms with van der Waals surface area (Å²) in [4.78, 5) is 32.3. The molecule has 2 aromatic rings. The van der Waals surface area contributed by atoms with Gasteiger partial charge in [-0.2, -0.15) is 0 Å². The largest absolute Gasteiger partial charge is 0.490 e. The van der Waals surface area contributed by atoms with Gasteiger partial charge in [0, 0.05) is 38.4 Å². The lowest BCUT2D eigenvalue weighted by Gasteiger charge is -2.36. The van der Waals surface area contributed by atoms with E-state index in [2.05, 4.69) is 9.88 Å². The van der Waals surface area contributed by atoms with Crippen molar-refractivity contribution in [1.29, 1.82) is 0 Å². The molecule has 1 aromatic carbocycles. The van der Waals surface area contributed by atoms with Crippen LogP contribution in [0.1, 0.15) is 79.8 Å². The average Bonchev–Trinajstić information content (AvgIpc) is 3.64. The quantitative estimate of drug-likeness (QED) is 0.384. The first-order chi connectivity index (χ1) is 19.5. The third-order valence-corrected chi connectivity index (χ3v) is 8.27. The summed E-state index contributed by atoms with van der Waals surface area (Å²) in [7, 11) is 0. The average molecular weight is 592 g/mol. The number of aromatic nitrogens is 1. The standard InChI is InChI=1S/C30H36ClF2N3O5/c1-18(2)41-27-23(31)12-19(15-34-27)16-35-10-7-30(33,8-11-35)17-40-26-14-24(32)22(13-21(26)20-5-6-20)28(37)36-9-3-4-25(36)29(38)39/h12-15,18,20,25H,3-11,16-17H2,1-2H3,(H,38,39). The summed E-state index contributed by atoms with van der Waals surface area (Å²) in [6, 6.07) is 3.51. The number of ether oxygens (including phenoxy) is 2. The first kappa shape index (κ1) is 29.5. The molecule has 0 spiro atoms. The van der Waals surface area contributed by atoms with Crippen LogP contribution < -0.4 is 9.47 Å². The number of carboxylic acids is 1. The molecule has 41 heavy (non-hydrogen) atoms. The Bertz CT molecular complexity index is 1300. The Morgan fingerprint density at radius 3 is 2.54 bits per heavy atom. The zero-order chi connectivity index (χ0) is 29.3. The predicted octanol–water partition coefficient (Wildman–Crippen LogP) is 5.61. The van der Waals surface area contributed by atoms with E-state index in [9.17, 15) is 14.7 Å². The molecule has 0 bridgehead atoms. The maximum Gasteiger partial charge on any atom is 0.326 e. The molecule has 3 aliphatic rings. The second-order valence-corrected chi connectivity index (χ2v) is 12.1. The van der Waals surface area contributed by atoms with Crippen molar-refractivity contribution in [1.82, 2.24) is 14.8 Å². The lowest BCUT2D eigenvalue weighted by molar-refractivity contribution is -0.141. The van der Waals surface area contributed by atoms with E-state index in [1.54, 1.807) is 6.20 Å². The minimum Gasteiger partial charge on any atom is -0.490 e. The van der Waals surface area contributed by atoms with E-state index in [0.29, 0.717) is 48.9 Å². The maximum absolute atomic E-state index is 15.8. The monoisotopic (exact) mass is 591 g/mol. The van der Waals surface area contributed by atoms with E-state index < -0.39 is 29.4 Å². The lowest BCUT2D eigenvalue weighted by Crippen LogP contribution is -2.44. The number of benzene rings is 1. The van der Waals surface area contributed by atoms with Gasteiger partial charge in [0.15, 0.2) is 0 Å². The molecule has 11 heteroatoms. The van der Waals surface area contributed by atoms with Crippen LogP contribution in [-0.4, -0.2) is 75.8 Å². The van der Waals surface area contributed by atoms with Crippen molar-refractivity contribution in [3.05, 3.63) is 51.9 Å². The smallest absolute Gasteiger partial charge is 0.326 e. The van der Waals surface area contributed by atoms with Crippen molar-refractivity contribution in [3.8, 4) is 11.6 Å². The number of aliphatic carboxylic acids is 1. The van der Waals surface area contributed by atoms with Gasteiger partial charge in [-0.3, -0.25) is 9.69 Å². The highest BCUT2D eigenvalue weighted by Gasteiger charge is 2.39. The third kappa shape index (κ3) is 6.92. The van der Waals surface area contributed by atoms with Crippen LogP contribution in [0.3, 0.4) is 0 Å². The highest BCUT2D eigenvalue weighted by Crippen LogP contribution is 2.46. The molecule has 1 aliphatic carbocycles. The van der Waals surface area contributed by atoms with E-state index in [-0.39, 0.29) is 49.3 Å². The summed E-state index contributed by atoms with van der Waals surface area (Å²) < 4.78 is 42.4. The van der Waals surface area contributed by atoms with Gasteiger partial charge in [-0.25, -0.2) is 18.6 Å². The Morgan fingerprint density at radius 1 is 1.17 bits per heavy atom. The van der Waals surface area contributed by atoms with E-state index >= 15 is 8.78 Å². The number of nitrogens with zero attached hydrogens (tertiary/aromatic N) is 3. The summed E-state index contributed by atoms with van der Waals surface area (Å²) in [6.07, 6.45) is 4.84. The van der Waals surface area contributed by atoms with Gasteiger partial charge < -0.3 is 19.5 Å². The summed E-state index contributed by atoms with van der Waals surface area (Å²) in [5.74, 6) is -1.75. The highest BCUT2D eigenvalue weighted by atomic mass is 35.5. The van der Waals surface area contributed by atoms with Gasteiger partial charge in [0.1, 0.15) is 34.9 Å². The Labute approximate surface area is 243 Å². The molecule has 222 valence electrons. The van der Waals surface area contributed by atoms with Crippen LogP contribution >= 0.6 is 11.6 Å². The Balaban J connectivity index is 1.20. The minimum absolute atomic E-state index is 0.0355. The molecule has 1 N–H and O–H groups in total. The first-order valence-corrected chi connectivity index (χ1v) is 14.6. The van der Waals surface area contributed by atoms with Crippen LogP contribution in [0.2, 0.25) is 5.02 Å². The van der Waals surface area contributed by atoms with Gasteiger partial charge in [-0.1, -0.05) is 11.6 Å². The van der Waals surface area contributed by atoms with Crippen molar-refractivity contribution in [2.75, 3.05) is 26.2 Å². The number of pyridine rings is 1. The number of alkyl halides is 1. The maximum atomic E-state index is 15.8. The second-order valence-electron chi connectivity index (χ2n) is 11.7. The number of piperidine rings is 1. The molecule has 1 aromatic heterocycles. The Hall–Kier alpha value is -2.98. The van der Waals surface area contributed by atoms with E-state index in [1.165, 1.54) is 11.0 Å². The molecule has 3 heterocycles. The van der Waals surface area contributed by atoms with Crippen LogP contribution in [0.4, 0.5) is 8.78 Å². The number of carboxylic acid groups (broad SMARTS) is 1. The zero-order valence-corrected chi connectivity index (χ0v) is 24.1. The molecule has 2 aliphatic heterocycles. The molecule has 5 rings (SSSR count). The van der Waals surface area contributed by atoms with Gasteiger partial charge in [-0.05, 0) is 81.5 Å². The molecule has 1 unspecified atom stereocenters. The molecular weight excluding hydrogens is 556 g/mol. The number of carbonyl (C=O) groups excluding carboxylic acids is 1. The van der Waals surface area contributed by atoms with E-state index in [1.807, 2.05) is 19.9 Å². The molecular formula is C30H36ClF2N3O5. The summed E-state index contributed by atoms with van der Waals surface area (Å²) in [6.45, 7) is 5.47. The van der Waals surface area contributed by atoms with E-state index in [4.69, 9.17) is 21.1 Å². The number of halogens is 3. The van der Waals surface area contributed by atoms with Gasteiger partial charge in [0.25, 0.3) is 5.91 Å². The fourth-order valence-corrected chi connectivity index (χ4v) is 5.81.